The molecular weight excluding hydrogens is 338 g/mol. The van der Waals surface area contributed by atoms with E-state index in [0.29, 0.717) is 19.0 Å². The third-order valence-corrected chi connectivity index (χ3v) is 5.66. The van der Waals surface area contributed by atoms with Crippen LogP contribution in [0, 0.1) is 0 Å². The van der Waals surface area contributed by atoms with Crippen LogP contribution in [-0.4, -0.2) is 65.9 Å². The third kappa shape index (κ3) is 3.81. The van der Waals surface area contributed by atoms with E-state index in [4.69, 9.17) is 0 Å². The first-order valence-electron chi connectivity index (χ1n) is 9.67. The number of benzene rings is 1. The number of likely N-dealkylation sites (tertiary alicyclic amines) is 1. The molecule has 1 aromatic heterocycles. The maximum absolute atomic E-state index is 12.9. The largest absolute Gasteiger partial charge is 0.362 e. The Morgan fingerprint density at radius 2 is 2.00 bits per heavy atom. The van der Waals surface area contributed by atoms with Gasteiger partial charge in [0.25, 0.3) is 0 Å². The van der Waals surface area contributed by atoms with Gasteiger partial charge >= 0.3 is 0 Å². The van der Waals surface area contributed by atoms with Gasteiger partial charge in [0.15, 0.2) is 0 Å². The Bertz CT molecular complexity index is 807. The van der Waals surface area contributed by atoms with Crippen molar-refractivity contribution in [2.24, 2.45) is 0 Å². The second-order valence-corrected chi connectivity index (χ2v) is 7.71. The normalized spacial score (nSPS) is 19.8. The van der Waals surface area contributed by atoms with E-state index in [1.807, 2.05) is 23.9 Å². The highest BCUT2D eigenvalue weighted by Gasteiger charge is 2.29. The fourth-order valence-electron chi connectivity index (χ4n) is 4.20. The summed E-state index contributed by atoms with van der Waals surface area (Å²) in [6.07, 6.45) is 3.55. The Morgan fingerprint density at radius 1 is 1.19 bits per heavy atom. The molecular formula is C21H27N5O. The zero-order valence-electron chi connectivity index (χ0n) is 16.1. The van der Waals surface area contributed by atoms with E-state index in [-0.39, 0.29) is 5.91 Å². The Morgan fingerprint density at radius 3 is 2.78 bits per heavy atom. The smallest absolute Gasteiger partial charge is 0.237 e. The summed E-state index contributed by atoms with van der Waals surface area (Å²) >= 11 is 0. The Labute approximate surface area is 160 Å². The van der Waals surface area contributed by atoms with Gasteiger partial charge in [0, 0.05) is 32.7 Å². The van der Waals surface area contributed by atoms with Crippen LogP contribution in [0.5, 0.6) is 0 Å². The molecule has 4 rings (SSSR count). The molecule has 1 fully saturated rings. The summed E-state index contributed by atoms with van der Waals surface area (Å²) in [5.41, 5.74) is 3.54. The predicted octanol–water partition coefficient (Wildman–Crippen LogP) is 1.92. The van der Waals surface area contributed by atoms with Crippen molar-refractivity contribution in [1.29, 1.82) is 0 Å². The number of amides is 1. The molecule has 3 heterocycles. The van der Waals surface area contributed by atoms with Crippen LogP contribution in [0.2, 0.25) is 0 Å². The number of nitrogens with zero attached hydrogens (tertiary/aromatic N) is 5. The molecule has 0 radical (unpaired) electrons. The van der Waals surface area contributed by atoms with Crippen LogP contribution in [0.4, 0.5) is 5.82 Å². The summed E-state index contributed by atoms with van der Waals surface area (Å²) < 4.78 is 0. The minimum Gasteiger partial charge on any atom is -0.362 e. The van der Waals surface area contributed by atoms with Crippen LogP contribution in [0.1, 0.15) is 29.2 Å². The average molecular weight is 365 g/mol. The van der Waals surface area contributed by atoms with Gasteiger partial charge in [-0.3, -0.25) is 9.69 Å². The molecule has 1 atom stereocenters. The van der Waals surface area contributed by atoms with Crippen LogP contribution >= 0.6 is 0 Å². The Kier molecular flexibility index (Phi) is 5.07. The van der Waals surface area contributed by atoms with Crippen LogP contribution in [-0.2, 0) is 17.8 Å². The van der Waals surface area contributed by atoms with Gasteiger partial charge in [0.2, 0.25) is 5.91 Å². The SMILES string of the molecule is CN(C)c1ncnc2c1CCN(C(=O)CN1CC[C@@H](c3ccccc3)C1)C2. The first-order valence-corrected chi connectivity index (χ1v) is 9.67. The van der Waals surface area contributed by atoms with Crippen LogP contribution in [0.25, 0.3) is 0 Å². The third-order valence-electron chi connectivity index (χ3n) is 5.66. The molecule has 27 heavy (non-hydrogen) atoms. The van der Waals surface area contributed by atoms with Crippen molar-refractivity contribution in [3.63, 3.8) is 0 Å². The van der Waals surface area contributed by atoms with Crippen molar-refractivity contribution in [1.82, 2.24) is 19.8 Å². The minimum absolute atomic E-state index is 0.208. The predicted molar refractivity (Wildman–Crippen MR) is 106 cm³/mol. The summed E-state index contributed by atoms with van der Waals surface area (Å²) in [5, 5.41) is 0. The molecule has 6 heteroatoms. The van der Waals surface area contributed by atoms with Crippen LogP contribution < -0.4 is 4.90 Å². The van der Waals surface area contributed by atoms with Crippen molar-refractivity contribution in [2.45, 2.75) is 25.3 Å². The molecule has 0 N–H and O–H groups in total. The first kappa shape index (κ1) is 17.9. The van der Waals surface area contributed by atoms with E-state index < -0.39 is 0 Å². The molecule has 6 nitrogen and oxygen atoms in total. The van der Waals surface area contributed by atoms with Gasteiger partial charge in [-0.1, -0.05) is 30.3 Å². The van der Waals surface area contributed by atoms with E-state index in [0.717, 1.165) is 44.0 Å². The number of carbonyl (C=O) groups is 1. The van der Waals surface area contributed by atoms with Gasteiger partial charge in [-0.2, -0.15) is 0 Å². The fourth-order valence-corrected chi connectivity index (χ4v) is 4.20. The second kappa shape index (κ2) is 7.64. The second-order valence-electron chi connectivity index (χ2n) is 7.71. The summed E-state index contributed by atoms with van der Waals surface area (Å²) in [5.74, 6) is 1.72. The molecule has 142 valence electrons. The molecule has 1 amide bonds. The Balaban J connectivity index is 1.37. The van der Waals surface area contributed by atoms with Gasteiger partial charge in [-0.05, 0) is 30.9 Å². The molecule has 0 spiro atoms. The highest BCUT2D eigenvalue weighted by Crippen LogP contribution is 2.28. The number of anilines is 1. The number of fused-ring (bicyclic) bond motifs is 1. The number of carbonyl (C=O) groups excluding carboxylic acids is 1. The average Bonchev–Trinajstić information content (AvgIpc) is 3.16. The lowest BCUT2D eigenvalue weighted by atomic mass is 9.99. The number of hydrogen-bond donors (Lipinski definition) is 0. The van der Waals surface area contributed by atoms with E-state index in [2.05, 4.69) is 45.2 Å². The lowest BCUT2D eigenvalue weighted by Crippen LogP contribution is -2.42. The maximum atomic E-state index is 12.9. The number of aromatic nitrogens is 2. The lowest BCUT2D eigenvalue weighted by Gasteiger charge is -2.31. The van der Waals surface area contributed by atoms with Gasteiger partial charge in [0.1, 0.15) is 12.1 Å². The summed E-state index contributed by atoms with van der Waals surface area (Å²) in [7, 11) is 3.99. The highest BCUT2D eigenvalue weighted by molar-refractivity contribution is 5.78. The van der Waals surface area contributed by atoms with Crippen molar-refractivity contribution < 1.29 is 4.79 Å². The first-order chi connectivity index (χ1) is 13.1. The van der Waals surface area contributed by atoms with E-state index in [1.54, 1.807) is 6.33 Å². The quantitative estimate of drug-likeness (QED) is 0.829. The van der Waals surface area contributed by atoms with Gasteiger partial charge in [-0.15, -0.1) is 0 Å². The molecule has 0 saturated carbocycles. The van der Waals surface area contributed by atoms with Crippen molar-refractivity contribution in [2.75, 3.05) is 45.2 Å². The molecule has 2 aliphatic heterocycles. The highest BCUT2D eigenvalue weighted by atomic mass is 16.2. The minimum atomic E-state index is 0.208. The van der Waals surface area contributed by atoms with E-state index in [9.17, 15) is 4.79 Å². The molecule has 0 unspecified atom stereocenters. The molecule has 1 saturated heterocycles. The zero-order valence-corrected chi connectivity index (χ0v) is 16.1. The number of rotatable bonds is 4. The monoisotopic (exact) mass is 365 g/mol. The maximum Gasteiger partial charge on any atom is 0.237 e. The van der Waals surface area contributed by atoms with Crippen molar-refractivity contribution in [3.8, 4) is 0 Å². The molecule has 0 bridgehead atoms. The summed E-state index contributed by atoms with van der Waals surface area (Å²) in [6.45, 7) is 3.80. The standard InChI is InChI=1S/C21H27N5O/c1-24(2)21-18-9-11-26(13-19(18)22-15-23-21)20(27)14-25-10-8-17(12-25)16-6-4-3-5-7-16/h3-7,15,17H,8-14H2,1-2H3/t17-/m1/s1. The van der Waals surface area contributed by atoms with Crippen LogP contribution in [0.15, 0.2) is 36.7 Å². The molecule has 2 aromatic rings. The lowest BCUT2D eigenvalue weighted by molar-refractivity contribution is -0.133. The molecule has 1 aromatic carbocycles. The zero-order chi connectivity index (χ0) is 18.8. The summed E-state index contributed by atoms with van der Waals surface area (Å²) in [4.78, 5) is 27.9. The van der Waals surface area contributed by atoms with E-state index in [1.165, 1.54) is 11.1 Å². The number of hydrogen-bond acceptors (Lipinski definition) is 5. The van der Waals surface area contributed by atoms with Crippen molar-refractivity contribution in [3.05, 3.63) is 53.5 Å². The topological polar surface area (TPSA) is 52.6 Å². The van der Waals surface area contributed by atoms with E-state index >= 15 is 0 Å². The van der Waals surface area contributed by atoms with Gasteiger partial charge < -0.3 is 9.80 Å². The van der Waals surface area contributed by atoms with Gasteiger partial charge in [0.05, 0.1) is 18.8 Å². The molecule has 2 aliphatic rings. The molecule has 0 aliphatic carbocycles. The fraction of sp³-hybridized carbons (Fsp3) is 0.476. The Hall–Kier alpha value is -2.47. The van der Waals surface area contributed by atoms with Gasteiger partial charge in [-0.25, -0.2) is 9.97 Å². The van der Waals surface area contributed by atoms with Crippen molar-refractivity contribution >= 4 is 11.7 Å². The summed E-state index contributed by atoms with van der Waals surface area (Å²) in [6, 6.07) is 10.6. The van der Waals surface area contributed by atoms with Crippen LogP contribution in [0.3, 0.4) is 0 Å².